The fraction of sp³-hybridized carbons (Fsp3) is 0.500. The zero-order chi connectivity index (χ0) is 14.2. The number of hydrogen-bond acceptors (Lipinski definition) is 4. The highest BCUT2D eigenvalue weighted by molar-refractivity contribution is 5.45. The van der Waals surface area contributed by atoms with Gasteiger partial charge in [-0.15, -0.1) is 0 Å². The van der Waals surface area contributed by atoms with Crippen molar-refractivity contribution >= 4 is 5.69 Å². The summed E-state index contributed by atoms with van der Waals surface area (Å²) in [5.74, 6) is 1.88. The number of fused-ring (bicyclic) bond motifs is 1. The molecule has 2 unspecified atom stereocenters. The fourth-order valence-corrected chi connectivity index (χ4v) is 3.70. The summed E-state index contributed by atoms with van der Waals surface area (Å²) in [7, 11) is 0. The number of imidazole rings is 1. The third-order valence-electron chi connectivity index (χ3n) is 4.78. The molecule has 2 fully saturated rings. The molecule has 0 spiro atoms. The van der Waals surface area contributed by atoms with Gasteiger partial charge in [-0.25, -0.2) is 9.97 Å². The van der Waals surface area contributed by atoms with Gasteiger partial charge < -0.3 is 5.32 Å². The minimum atomic E-state index is 0.579. The summed E-state index contributed by atoms with van der Waals surface area (Å²) in [6.07, 6.45) is 9.60. The molecule has 2 aliphatic heterocycles. The fourth-order valence-electron chi connectivity index (χ4n) is 3.70. The van der Waals surface area contributed by atoms with Crippen LogP contribution in [0.1, 0.15) is 25.1 Å². The molecule has 5 heteroatoms. The number of nitrogens with zero attached hydrogens (tertiary/aromatic N) is 4. The summed E-state index contributed by atoms with van der Waals surface area (Å²) < 4.78 is 2.00. The minimum absolute atomic E-state index is 0.579. The molecule has 1 N–H and O–H groups in total. The van der Waals surface area contributed by atoms with E-state index in [9.17, 15) is 0 Å². The molecule has 2 atom stereocenters. The van der Waals surface area contributed by atoms with Crippen molar-refractivity contribution in [3.05, 3.63) is 36.5 Å². The first kappa shape index (κ1) is 12.8. The predicted molar refractivity (Wildman–Crippen MR) is 82.7 cm³/mol. The molecule has 21 heavy (non-hydrogen) atoms. The molecule has 0 aliphatic carbocycles. The van der Waals surface area contributed by atoms with E-state index in [0.717, 1.165) is 23.4 Å². The normalized spacial score (nSPS) is 25.2. The quantitative estimate of drug-likeness (QED) is 0.938. The number of rotatable bonds is 3. The molecule has 110 valence electrons. The van der Waals surface area contributed by atoms with Gasteiger partial charge in [0.2, 0.25) is 0 Å². The van der Waals surface area contributed by atoms with Crippen molar-refractivity contribution in [3.63, 3.8) is 0 Å². The van der Waals surface area contributed by atoms with Crippen LogP contribution in [0.25, 0.3) is 5.82 Å². The lowest BCUT2D eigenvalue weighted by Crippen LogP contribution is -2.33. The van der Waals surface area contributed by atoms with E-state index in [1.54, 1.807) is 6.20 Å². The number of aromatic nitrogens is 3. The number of nitrogens with one attached hydrogen (secondary N) is 1. The second-order valence-corrected chi connectivity index (χ2v) is 6.03. The molecular formula is C16H21N5. The Labute approximate surface area is 125 Å². The molecule has 0 aromatic carbocycles. The van der Waals surface area contributed by atoms with Crippen molar-refractivity contribution < 1.29 is 0 Å². The van der Waals surface area contributed by atoms with Gasteiger partial charge in [-0.3, -0.25) is 9.47 Å². The highest BCUT2D eigenvalue weighted by Crippen LogP contribution is 2.30. The SMILES string of the molecule is Cc1nccn1-c1ccc(NC2CCN3CCCC23)cn1. The van der Waals surface area contributed by atoms with Crippen molar-refractivity contribution in [3.8, 4) is 5.82 Å². The monoisotopic (exact) mass is 283 g/mol. The Kier molecular flexibility index (Phi) is 3.15. The van der Waals surface area contributed by atoms with Crippen molar-refractivity contribution in [1.29, 1.82) is 0 Å². The van der Waals surface area contributed by atoms with Gasteiger partial charge >= 0.3 is 0 Å². The van der Waals surface area contributed by atoms with Crippen molar-refractivity contribution in [2.75, 3.05) is 18.4 Å². The maximum atomic E-state index is 4.56. The van der Waals surface area contributed by atoms with Gasteiger partial charge in [0.25, 0.3) is 0 Å². The van der Waals surface area contributed by atoms with Crippen molar-refractivity contribution in [2.45, 2.75) is 38.3 Å². The molecule has 4 rings (SSSR count). The topological polar surface area (TPSA) is 46.0 Å². The second kappa shape index (κ2) is 5.15. The number of hydrogen-bond donors (Lipinski definition) is 1. The Morgan fingerprint density at radius 2 is 2.14 bits per heavy atom. The van der Waals surface area contributed by atoms with Crippen LogP contribution in [0.2, 0.25) is 0 Å². The molecule has 0 saturated carbocycles. The van der Waals surface area contributed by atoms with Crippen LogP contribution in [0.4, 0.5) is 5.69 Å². The maximum Gasteiger partial charge on any atom is 0.138 e. The van der Waals surface area contributed by atoms with E-state index in [2.05, 4.69) is 32.3 Å². The van der Waals surface area contributed by atoms with E-state index < -0.39 is 0 Å². The molecule has 2 aromatic rings. The Balaban J connectivity index is 1.48. The zero-order valence-electron chi connectivity index (χ0n) is 12.4. The molecule has 0 amide bonds. The average molecular weight is 283 g/mol. The lowest BCUT2D eigenvalue weighted by atomic mass is 10.1. The zero-order valence-corrected chi connectivity index (χ0v) is 12.4. The lowest BCUT2D eigenvalue weighted by molar-refractivity contribution is 0.318. The van der Waals surface area contributed by atoms with Gasteiger partial charge in [0.1, 0.15) is 11.6 Å². The highest BCUT2D eigenvalue weighted by Gasteiger charge is 2.36. The molecular weight excluding hydrogens is 262 g/mol. The van der Waals surface area contributed by atoms with Gasteiger partial charge in [-0.1, -0.05) is 0 Å². The average Bonchev–Trinajstić information content (AvgIpc) is 3.19. The van der Waals surface area contributed by atoms with Crippen LogP contribution in [-0.4, -0.2) is 44.6 Å². The molecule has 2 aromatic heterocycles. The van der Waals surface area contributed by atoms with Crippen LogP contribution in [0.15, 0.2) is 30.7 Å². The molecule has 4 heterocycles. The Morgan fingerprint density at radius 1 is 1.19 bits per heavy atom. The first-order valence-corrected chi connectivity index (χ1v) is 7.78. The molecule has 5 nitrogen and oxygen atoms in total. The van der Waals surface area contributed by atoms with E-state index in [1.165, 1.54) is 32.4 Å². The second-order valence-electron chi connectivity index (χ2n) is 6.03. The van der Waals surface area contributed by atoms with Crippen LogP contribution in [-0.2, 0) is 0 Å². The van der Waals surface area contributed by atoms with E-state index >= 15 is 0 Å². The smallest absolute Gasteiger partial charge is 0.138 e. The van der Waals surface area contributed by atoms with Crippen LogP contribution in [0, 0.1) is 6.92 Å². The summed E-state index contributed by atoms with van der Waals surface area (Å²) >= 11 is 0. The minimum Gasteiger partial charge on any atom is -0.379 e. The molecule has 2 aliphatic rings. The van der Waals surface area contributed by atoms with Crippen molar-refractivity contribution in [1.82, 2.24) is 19.4 Å². The Morgan fingerprint density at radius 3 is 2.90 bits per heavy atom. The first-order valence-electron chi connectivity index (χ1n) is 7.78. The maximum absolute atomic E-state index is 4.56. The van der Waals surface area contributed by atoms with Crippen molar-refractivity contribution in [2.24, 2.45) is 0 Å². The standard InChI is InChI=1S/C16H21N5/c1-12-17-7-10-21(12)16-5-4-13(11-18-16)19-14-6-9-20-8-2-3-15(14)20/h4-5,7,10-11,14-15,19H,2-3,6,8-9H2,1H3. The number of anilines is 1. The largest absolute Gasteiger partial charge is 0.379 e. The van der Waals surface area contributed by atoms with Crippen LogP contribution in [0.3, 0.4) is 0 Å². The summed E-state index contributed by atoms with van der Waals surface area (Å²) in [5.41, 5.74) is 1.12. The first-order chi connectivity index (χ1) is 10.3. The van der Waals surface area contributed by atoms with Crippen LogP contribution in [0.5, 0.6) is 0 Å². The Bertz CT molecular complexity index is 618. The Hall–Kier alpha value is -1.88. The van der Waals surface area contributed by atoms with Gasteiger partial charge in [0, 0.05) is 31.0 Å². The van der Waals surface area contributed by atoms with E-state index in [4.69, 9.17) is 0 Å². The third-order valence-corrected chi connectivity index (χ3v) is 4.78. The summed E-state index contributed by atoms with van der Waals surface area (Å²) in [6.45, 7) is 4.50. The highest BCUT2D eigenvalue weighted by atomic mass is 15.2. The lowest BCUT2D eigenvalue weighted by Gasteiger charge is -2.22. The summed E-state index contributed by atoms with van der Waals surface area (Å²) in [5, 5.41) is 3.67. The molecule has 0 radical (unpaired) electrons. The number of pyridine rings is 1. The van der Waals surface area contributed by atoms with Gasteiger partial charge in [0.05, 0.1) is 11.9 Å². The molecule has 2 saturated heterocycles. The van der Waals surface area contributed by atoms with Gasteiger partial charge in [0.15, 0.2) is 0 Å². The number of aryl methyl sites for hydroxylation is 1. The predicted octanol–water partition coefficient (Wildman–Crippen LogP) is 2.22. The van der Waals surface area contributed by atoms with Crippen LogP contribution >= 0.6 is 0 Å². The molecule has 0 bridgehead atoms. The van der Waals surface area contributed by atoms with Gasteiger partial charge in [-0.2, -0.15) is 0 Å². The van der Waals surface area contributed by atoms with Gasteiger partial charge in [-0.05, 0) is 44.9 Å². The third kappa shape index (κ3) is 2.31. The summed E-state index contributed by atoms with van der Waals surface area (Å²) in [4.78, 5) is 11.4. The van der Waals surface area contributed by atoms with E-state index in [-0.39, 0.29) is 0 Å². The summed E-state index contributed by atoms with van der Waals surface area (Å²) in [6, 6.07) is 5.48. The van der Waals surface area contributed by atoms with Crippen LogP contribution < -0.4 is 5.32 Å². The van der Waals surface area contributed by atoms with E-state index in [1.807, 2.05) is 23.9 Å². The van der Waals surface area contributed by atoms with E-state index in [0.29, 0.717) is 6.04 Å².